The highest BCUT2D eigenvalue weighted by molar-refractivity contribution is 7.00. The van der Waals surface area contributed by atoms with E-state index in [0.717, 1.165) is 22.1 Å². The van der Waals surface area contributed by atoms with Crippen LogP contribution < -0.4 is 0 Å². The van der Waals surface area contributed by atoms with Crippen molar-refractivity contribution in [3.05, 3.63) is 18.5 Å². The highest BCUT2D eigenvalue weighted by atomic mass is 32.1. The lowest BCUT2D eigenvalue weighted by atomic mass is 10.3. The third-order valence-electron chi connectivity index (χ3n) is 1.72. The van der Waals surface area contributed by atoms with Gasteiger partial charge in [0.2, 0.25) is 0 Å². The Morgan fingerprint density at radius 3 is 3.08 bits per heavy atom. The van der Waals surface area contributed by atoms with Crippen LogP contribution in [0.25, 0.3) is 22.1 Å². The molecule has 0 aliphatic heterocycles. The molecule has 0 spiro atoms. The van der Waals surface area contributed by atoms with Crippen LogP contribution in [0.4, 0.5) is 0 Å². The minimum absolute atomic E-state index is 0.723. The van der Waals surface area contributed by atoms with Crippen LogP contribution in [0, 0.1) is 0 Å². The van der Waals surface area contributed by atoms with Gasteiger partial charge in [-0.2, -0.15) is 8.75 Å². The number of aromatic nitrogens is 3. The minimum atomic E-state index is 0.723. The zero-order valence-corrected chi connectivity index (χ0v) is 6.71. The number of hydrogen-bond donors (Lipinski definition) is 0. The van der Waals surface area contributed by atoms with Gasteiger partial charge in [0.1, 0.15) is 16.6 Å². The molecule has 1 aromatic carbocycles. The average Bonchev–Trinajstić information content (AvgIpc) is 2.71. The molecule has 3 rings (SSSR count). The SMILES string of the molecule is c1nc2ccc3nsnc3c2o1. The van der Waals surface area contributed by atoms with Gasteiger partial charge in [-0.05, 0) is 12.1 Å². The van der Waals surface area contributed by atoms with Crippen molar-refractivity contribution < 1.29 is 4.42 Å². The summed E-state index contributed by atoms with van der Waals surface area (Å²) in [4.78, 5) is 4.02. The third-order valence-corrected chi connectivity index (χ3v) is 2.27. The molecule has 0 unspecified atom stereocenters. The zero-order chi connectivity index (χ0) is 7.97. The van der Waals surface area contributed by atoms with Crippen molar-refractivity contribution >= 4 is 33.9 Å². The molecule has 2 aromatic heterocycles. The van der Waals surface area contributed by atoms with Crippen LogP contribution in [0.15, 0.2) is 22.9 Å². The van der Waals surface area contributed by atoms with E-state index in [9.17, 15) is 0 Å². The molecular formula is C7H3N3OS. The molecule has 0 radical (unpaired) electrons. The molecule has 12 heavy (non-hydrogen) atoms. The van der Waals surface area contributed by atoms with Crippen LogP contribution in [0.2, 0.25) is 0 Å². The van der Waals surface area contributed by atoms with Gasteiger partial charge in [-0.15, -0.1) is 0 Å². The molecule has 58 valence electrons. The van der Waals surface area contributed by atoms with Gasteiger partial charge in [0.25, 0.3) is 0 Å². The van der Waals surface area contributed by atoms with Crippen molar-refractivity contribution in [2.24, 2.45) is 0 Å². The van der Waals surface area contributed by atoms with Crippen molar-refractivity contribution in [1.82, 2.24) is 13.7 Å². The fraction of sp³-hybridized carbons (Fsp3) is 0. The summed E-state index contributed by atoms with van der Waals surface area (Å²) in [6.07, 6.45) is 1.42. The second-order valence-corrected chi connectivity index (χ2v) is 2.93. The first kappa shape index (κ1) is 6.07. The summed E-state index contributed by atoms with van der Waals surface area (Å²) in [6.45, 7) is 0. The molecule has 0 aliphatic carbocycles. The van der Waals surface area contributed by atoms with Gasteiger partial charge in [-0.3, -0.25) is 0 Å². The molecule has 3 aromatic rings. The third kappa shape index (κ3) is 0.634. The molecule has 0 fully saturated rings. The first-order valence-electron chi connectivity index (χ1n) is 3.39. The smallest absolute Gasteiger partial charge is 0.183 e. The minimum Gasteiger partial charge on any atom is -0.441 e. The van der Waals surface area contributed by atoms with E-state index in [4.69, 9.17) is 4.42 Å². The van der Waals surface area contributed by atoms with E-state index in [1.807, 2.05) is 12.1 Å². The van der Waals surface area contributed by atoms with E-state index in [0.29, 0.717) is 0 Å². The lowest BCUT2D eigenvalue weighted by Crippen LogP contribution is -1.70. The highest BCUT2D eigenvalue weighted by Gasteiger charge is 2.06. The number of benzene rings is 1. The first-order chi connectivity index (χ1) is 5.95. The number of nitrogens with zero attached hydrogens (tertiary/aromatic N) is 3. The van der Waals surface area contributed by atoms with Crippen LogP contribution in [0.3, 0.4) is 0 Å². The predicted octanol–water partition coefficient (Wildman–Crippen LogP) is 1.83. The van der Waals surface area contributed by atoms with Gasteiger partial charge < -0.3 is 4.42 Å². The monoisotopic (exact) mass is 177 g/mol. The van der Waals surface area contributed by atoms with E-state index in [1.165, 1.54) is 18.1 Å². The first-order valence-corrected chi connectivity index (χ1v) is 4.12. The molecule has 5 heteroatoms. The summed E-state index contributed by atoms with van der Waals surface area (Å²) in [5, 5.41) is 0. The molecule has 0 saturated heterocycles. The summed E-state index contributed by atoms with van der Waals surface area (Å²) >= 11 is 1.18. The molecular weight excluding hydrogens is 174 g/mol. The van der Waals surface area contributed by atoms with Crippen LogP contribution >= 0.6 is 11.7 Å². The Morgan fingerprint density at radius 2 is 2.08 bits per heavy atom. The molecule has 0 N–H and O–H groups in total. The zero-order valence-electron chi connectivity index (χ0n) is 5.89. The maximum atomic E-state index is 5.18. The quantitative estimate of drug-likeness (QED) is 0.525. The van der Waals surface area contributed by atoms with E-state index in [-0.39, 0.29) is 0 Å². The molecule has 0 saturated carbocycles. The predicted molar refractivity (Wildman–Crippen MR) is 45.0 cm³/mol. The Labute approximate surface area is 71.2 Å². The van der Waals surface area contributed by atoms with Crippen molar-refractivity contribution in [2.45, 2.75) is 0 Å². The second kappa shape index (κ2) is 2.01. The van der Waals surface area contributed by atoms with Crippen molar-refractivity contribution in [3.8, 4) is 0 Å². The van der Waals surface area contributed by atoms with Gasteiger partial charge >= 0.3 is 0 Å². The number of rotatable bonds is 0. The summed E-state index contributed by atoms with van der Waals surface area (Å²) in [7, 11) is 0. The van der Waals surface area contributed by atoms with E-state index >= 15 is 0 Å². The second-order valence-electron chi connectivity index (χ2n) is 2.40. The Balaban J connectivity index is 2.71. The summed E-state index contributed by atoms with van der Waals surface area (Å²) in [6, 6.07) is 3.77. The van der Waals surface area contributed by atoms with E-state index in [2.05, 4.69) is 13.7 Å². The van der Waals surface area contributed by atoms with Gasteiger partial charge in [0.15, 0.2) is 12.0 Å². The highest BCUT2D eigenvalue weighted by Crippen LogP contribution is 2.22. The fourth-order valence-corrected chi connectivity index (χ4v) is 1.71. The molecule has 0 amide bonds. The summed E-state index contributed by atoms with van der Waals surface area (Å²) in [5.74, 6) is 0. The van der Waals surface area contributed by atoms with Crippen LogP contribution in [-0.2, 0) is 0 Å². The Bertz CT molecular complexity index is 492. The largest absolute Gasteiger partial charge is 0.441 e. The van der Waals surface area contributed by atoms with Gasteiger partial charge in [-0.25, -0.2) is 4.98 Å². The number of hydrogen-bond acceptors (Lipinski definition) is 5. The fourth-order valence-electron chi connectivity index (χ4n) is 1.17. The molecule has 0 atom stereocenters. The average molecular weight is 177 g/mol. The Hall–Kier alpha value is -1.49. The van der Waals surface area contributed by atoms with Crippen LogP contribution in [0.1, 0.15) is 0 Å². The molecule has 4 nitrogen and oxygen atoms in total. The van der Waals surface area contributed by atoms with Crippen molar-refractivity contribution in [1.29, 1.82) is 0 Å². The number of fused-ring (bicyclic) bond motifs is 3. The van der Waals surface area contributed by atoms with Gasteiger partial charge in [-0.1, -0.05) is 0 Å². The maximum Gasteiger partial charge on any atom is 0.183 e. The summed E-state index contributed by atoms with van der Waals surface area (Å²) < 4.78 is 13.4. The lowest BCUT2D eigenvalue weighted by Gasteiger charge is -1.84. The number of oxazole rings is 1. The van der Waals surface area contributed by atoms with Crippen LogP contribution in [-0.4, -0.2) is 13.7 Å². The van der Waals surface area contributed by atoms with Gasteiger partial charge in [0.05, 0.1) is 11.7 Å². The normalized spacial score (nSPS) is 11.3. The van der Waals surface area contributed by atoms with E-state index < -0.39 is 0 Å². The van der Waals surface area contributed by atoms with Crippen LogP contribution in [0.5, 0.6) is 0 Å². The molecule has 2 heterocycles. The van der Waals surface area contributed by atoms with Crippen molar-refractivity contribution in [3.63, 3.8) is 0 Å². The van der Waals surface area contributed by atoms with Crippen molar-refractivity contribution in [2.75, 3.05) is 0 Å². The Kier molecular flexibility index (Phi) is 1.02. The lowest BCUT2D eigenvalue weighted by molar-refractivity contribution is 0.604. The summed E-state index contributed by atoms with van der Waals surface area (Å²) in [5.41, 5.74) is 3.22. The van der Waals surface area contributed by atoms with E-state index in [1.54, 1.807) is 0 Å². The molecule has 0 bridgehead atoms. The standard InChI is InChI=1S/C7H3N3OS/c1-2-5-7(11-3-8-5)6-4(1)9-12-10-6/h1-3H. The van der Waals surface area contributed by atoms with Gasteiger partial charge in [0, 0.05) is 0 Å². The maximum absolute atomic E-state index is 5.18. The molecule has 0 aliphatic rings. The topological polar surface area (TPSA) is 51.8 Å². The Morgan fingerprint density at radius 1 is 1.17 bits per heavy atom.